The minimum absolute atomic E-state index is 0.0341. The molecule has 0 aromatic heterocycles. The number of nitrogens with one attached hydrogen (secondary N) is 2. The van der Waals surface area contributed by atoms with Crippen molar-refractivity contribution in [2.45, 2.75) is 32.6 Å². The van der Waals surface area contributed by atoms with Crippen LogP contribution in [-0.2, 0) is 21.2 Å². The van der Waals surface area contributed by atoms with Gasteiger partial charge < -0.3 is 5.32 Å². The highest BCUT2D eigenvalue weighted by atomic mass is 32.2. The Kier molecular flexibility index (Phi) is 5.44. The number of fused-ring (bicyclic) bond motifs is 1. The number of benzene rings is 2. The quantitative estimate of drug-likeness (QED) is 0.783. The number of carbonyl (C=O) groups excluding carboxylic acids is 1. The van der Waals surface area contributed by atoms with Crippen LogP contribution in [0.25, 0.3) is 11.1 Å². The second-order valence-electron chi connectivity index (χ2n) is 6.79. The maximum Gasteiger partial charge on any atom is 0.228 e. The van der Waals surface area contributed by atoms with Gasteiger partial charge in [-0.1, -0.05) is 44.2 Å². The Labute approximate surface area is 154 Å². The van der Waals surface area contributed by atoms with E-state index in [1.54, 1.807) is 0 Å². The van der Waals surface area contributed by atoms with Crippen molar-refractivity contribution < 1.29 is 13.2 Å². The minimum atomic E-state index is -3.18. The van der Waals surface area contributed by atoms with Crippen LogP contribution in [0.5, 0.6) is 0 Å². The fourth-order valence-corrected chi connectivity index (χ4v) is 4.31. The highest BCUT2D eigenvalue weighted by molar-refractivity contribution is 7.89. The van der Waals surface area contributed by atoms with Gasteiger partial charge in [0.05, 0.1) is 12.2 Å². The molecular formula is C20H24N2O3S. The summed E-state index contributed by atoms with van der Waals surface area (Å²) in [5.74, 6) is 0.290. The first-order valence-electron chi connectivity index (χ1n) is 8.88. The molecule has 0 saturated carbocycles. The number of anilines is 1. The van der Waals surface area contributed by atoms with E-state index >= 15 is 0 Å². The Hall–Kier alpha value is -2.18. The summed E-state index contributed by atoms with van der Waals surface area (Å²) in [4.78, 5) is 11.5. The normalized spacial score (nSPS) is 14.8. The van der Waals surface area contributed by atoms with Gasteiger partial charge in [0.15, 0.2) is 0 Å². The zero-order valence-corrected chi connectivity index (χ0v) is 15.9. The van der Waals surface area contributed by atoms with Gasteiger partial charge in [-0.15, -0.1) is 0 Å². The zero-order valence-electron chi connectivity index (χ0n) is 15.1. The van der Waals surface area contributed by atoms with Crippen molar-refractivity contribution in [2.24, 2.45) is 0 Å². The predicted octanol–water partition coefficient (Wildman–Crippen LogP) is 3.28. The molecular weight excluding hydrogens is 348 g/mol. The Morgan fingerprint density at radius 3 is 2.50 bits per heavy atom. The molecule has 2 aromatic rings. The van der Waals surface area contributed by atoms with E-state index in [9.17, 15) is 13.2 Å². The summed E-state index contributed by atoms with van der Waals surface area (Å²) in [6, 6.07) is 14.1. The van der Waals surface area contributed by atoms with Gasteiger partial charge in [-0.25, -0.2) is 13.1 Å². The van der Waals surface area contributed by atoms with Crippen LogP contribution >= 0.6 is 0 Å². The monoisotopic (exact) mass is 372 g/mol. The van der Waals surface area contributed by atoms with Gasteiger partial charge in [-0.05, 0) is 46.7 Å². The molecule has 0 aliphatic carbocycles. The van der Waals surface area contributed by atoms with Crippen molar-refractivity contribution in [1.29, 1.82) is 0 Å². The van der Waals surface area contributed by atoms with Gasteiger partial charge in [-0.2, -0.15) is 0 Å². The van der Waals surface area contributed by atoms with Crippen molar-refractivity contribution in [3.8, 4) is 11.1 Å². The maximum absolute atomic E-state index is 11.8. The lowest BCUT2D eigenvalue weighted by Crippen LogP contribution is -2.29. The number of rotatable bonds is 7. The minimum Gasteiger partial charge on any atom is -0.326 e. The lowest BCUT2D eigenvalue weighted by molar-refractivity contribution is -0.115. The van der Waals surface area contributed by atoms with Gasteiger partial charge in [-0.3, -0.25) is 4.79 Å². The number of sulfonamides is 1. The molecule has 0 spiro atoms. The van der Waals surface area contributed by atoms with E-state index in [4.69, 9.17) is 0 Å². The van der Waals surface area contributed by atoms with E-state index in [2.05, 4.69) is 10.0 Å². The molecule has 0 radical (unpaired) electrons. The Morgan fingerprint density at radius 1 is 1.12 bits per heavy atom. The molecule has 0 saturated heterocycles. The highest BCUT2D eigenvalue weighted by Gasteiger charge is 2.18. The molecule has 6 heteroatoms. The molecule has 26 heavy (non-hydrogen) atoms. The van der Waals surface area contributed by atoms with Crippen LogP contribution in [0.1, 0.15) is 37.3 Å². The Bertz CT molecular complexity index is 905. The molecule has 5 nitrogen and oxygen atoms in total. The van der Waals surface area contributed by atoms with E-state index in [0.717, 1.165) is 27.9 Å². The fraction of sp³-hybridized carbons (Fsp3) is 0.350. The average Bonchev–Trinajstić information content (AvgIpc) is 2.99. The fourth-order valence-electron chi connectivity index (χ4n) is 3.12. The van der Waals surface area contributed by atoms with Crippen LogP contribution in [0.2, 0.25) is 0 Å². The van der Waals surface area contributed by atoms with Gasteiger partial charge in [0.25, 0.3) is 0 Å². The van der Waals surface area contributed by atoms with E-state index in [1.165, 1.54) is 0 Å². The summed E-state index contributed by atoms with van der Waals surface area (Å²) < 4.78 is 26.2. The number of amides is 1. The van der Waals surface area contributed by atoms with Crippen molar-refractivity contribution in [2.75, 3.05) is 17.6 Å². The molecule has 138 valence electrons. The maximum atomic E-state index is 11.8. The molecule has 0 fully saturated rings. The SMILES string of the molecule is CCCS(=O)(=O)NC[C@@H](C)c1ccc(-c2ccc3c(c2)CC(=O)N3)cc1. The van der Waals surface area contributed by atoms with Gasteiger partial charge in [0.1, 0.15) is 0 Å². The van der Waals surface area contributed by atoms with E-state index < -0.39 is 10.0 Å². The molecule has 0 bridgehead atoms. The molecule has 3 rings (SSSR count). The Balaban J connectivity index is 1.69. The van der Waals surface area contributed by atoms with Gasteiger partial charge >= 0.3 is 0 Å². The van der Waals surface area contributed by atoms with Gasteiger partial charge in [0.2, 0.25) is 15.9 Å². The highest BCUT2D eigenvalue weighted by Crippen LogP contribution is 2.29. The smallest absolute Gasteiger partial charge is 0.228 e. The molecule has 0 unspecified atom stereocenters. The standard InChI is InChI=1S/C20H24N2O3S/c1-3-10-26(24,25)21-13-14(2)15-4-6-16(7-5-15)17-8-9-19-18(11-17)12-20(23)22-19/h4-9,11,14,21H,3,10,12-13H2,1-2H3,(H,22,23)/t14-/m1/s1. The van der Waals surface area contributed by atoms with Gasteiger partial charge in [0, 0.05) is 12.2 Å². The topological polar surface area (TPSA) is 75.3 Å². The Morgan fingerprint density at radius 2 is 1.81 bits per heavy atom. The van der Waals surface area contributed by atoms with Crippen molar-refractivity contribution >= 4 is 21.6 Å². The predicted molar refractivity (Wildman–Crippen MR) is 105 cm³/mol. The van der Waals surface area contributed by atoms with E-state index in [1.807, 2.05) is 56.3 Å². The molecule has 2 aromatic carbocycles. The summed E-state index contributed by atoms with van der Waals surface area (Å²) in [5.41, 5.74) is 5.15. The van der Waals surface area contributed by atoms with Crippen LogP contribution in [0.4, 0.5) is 5.69 Å². The number of hydrogen-bond donors (Lipinski definition) is 2. The third kappa shape index (κ3) is 4.31. The van der Waals surface area contributed by atoms with Crippen LogP contribution in [0.15, 0.2) is 42.5 Å². The second-order valence-corrected chi connectivity index (χ2v) is 8.71. The van der Waals surface area contributed by atoms with Crippen LogP contribution < -0.4 is 10.0 Å². The van der Waals surface area contributed by atoms with Crippen molar-refractivity contribution in [3.05, 3.63) is 53.6 Å². The van der Waals surface area contributed by atoms with Crippen LogP contribution in [0, 0.1) is 0 Å². The zero-order chi connectivity index (χ0) is 18.7. The average molecular weight is 372 g/mol. The molecule has 1 amide bonds. The number of hydrogen-bond acceptors (Lipinski definition) is 3. The van der Waals surface area contributed by atoms with E-state index in [-0.39, 0.29) is 17.6 Å². The van der Waals surface area contributed by atoms with Crippen LogP contribution in [0.3, 0.4) is 0 Å². The first kappa shape index (κ1) is 18.6. The largest absolute Gasteiger partial charge is 0.326 e. The lowest BCUT2D eigenvalue weighted by atomic mass is 9.96. The molecule has 1 aliphatic heterocycles. The summed E-state index contributed by atoms with van der Waals surface area (Å²) in [6.07, 6.45) is 1.04. The summed E-state index contributed by atoms with van der Waals surface area (Å²) >= 11 is 0. The third-order valence-corrected chi connectivity index (χ3v) is 6.18. The van der Waals surface area contributed by atoms with Crippen LogP contribution in [-0.4, -0.2) is 26.6 Å². The van der Waals surface area contributed by atoms with E-state index in [0.29, 0.717) is 19.4 Å². The number of carbonyl (C=O) groups is 1. The third-order valence-electron chi connectivity index (χ3n) is 4.63. The first-order chi connectivity index (χ1) is 12.4. The molecule has 1 aliphatic rings. The summed E-state index contributed by atoms with van der Waals surface area (Å²) in [7, 11) is -3.18. The molecule has 1 heterocycles. The van der Waals surface area contributed by atoms with Crippen molar-refractivity contribution in [1.82, 2.24) is 4.72 Å². The second kappa shape index (κ2) is 7.60. The summed E-state index contributed by atoms with van der Waals surface area (Å²) in [6.45, 7) is 4.26. The lowest BCUT2D eigenvalue weighted by Gasteiger charge is -2.14. The van der Waals surface area contributed by atoms with Crippen molar-refractivity contribution in [3.63, 3.8) is 0 Å². The molecule has 2 N–H and O–H groups in total. The first-order valence-corrected chi connectivity index (χ1v) is 10.5. The molecule has 1 atom stereocenters. The summed E-state index contributed by atoms with van der Waals surface area (Å²) in [5, 5.41) is 2.84.